The number of carbonyl (C=O) groups is 2. The lowest BCUT2D eigenvalue weighted by atomic mass is 10.0. The lowest BCUT2D eigenvalue weighted by molar-refractivity contribution is -0.138. The lowest BCUT2D eigenvalue weighted by Crippen LogP contribution is -2.50. The van der Waals surface area contributed by atoms with Crippen LogP contribution in [-0.4, -0.2) is 64.7 Å². The van der Waals surface area contributed by atoms with Crippen LogP contribution >= 0.6 is 0 Å². The van der Waals surface area contributed by atoms with E-state index in [2.05, 4.69) is 10.3 Å². The Kier molecular flexibility index (Phi) is 6.29. The van der Waals surface area contributed by atoms with E-state index in [1.165, 1.54) is 11.1 Å². The van der Waals surface area contributed by atoms with Crippen molar-refractivity contribution in [3.05, 3.63) is 42.1 Å². The second kappa shape index (κ2) is 9.01. The summed E-state index contributed by atoms with van der Waals surface area (Å²) in [4.78, 5) is 28.8. The van der Waals surface area contributed by atoms with Crippen molar-refractivity contribution in [3.63, 3.8) is 0 Å². The highest BCUT2D eigenvalue weighted by Crippen LogP contribution is 2.49. The van der Waals surface area contributed by atoms with Gasteiger partial charge in [0.25, 0.3) is 5.92 Å². The number of carbonyl (C=O) groups excluding carboxylic acids is 2. The van der Waals surface area contributed by atoms with Crippen LogP contribution in [0, 0.1) is 12.8 Å². The summed E-state index contributed by atoms with van der Waals surface area (Å²) in [6.45, 7) is 1.35. The SMILES string of the molecule is Cc1cc(-c2ccnc(NC(=O)C3CC3(F)F)c2)ccc1O[C@H]1CCN(C(=O)CO)C[C@H]1F. The maximum Gasteiger partial charge on any atom is 0.260 e. The molecule has 1 aliphatic carbocycles. The molecule has 0 radical (unpaired) electrons. The molecule has 0 bridgehead atoms. The predicted molar refractivity (Wildman–Crippen MR) is 114 cm³/mol. The number of aliphatic hydroxyl groups is 1. The average molecular weight is 463 g/mol. The summed E-state index contributed by atoms with van der Waals surface area (Å²) in [5.41, 5.74) is 2.26. The third kappa shape index (κ3) is 5.11. The molecule has 1 aliphatic heterocycles. The van der Waals surface area contributed by atoms with Crippen LogP contribution in [0.4, 0.5) is 19.0 Å². The van der Waals surface area contributed by atoms with Crippen LogP contribution in [0.25, 0.3) is 11.1 Å². The zero-order valence-electron chi connectivity index (χ0n) is 17.9. The Hall–Kier alpha value is -3.14. The van der Waals surface area contributed by atoms with Crippen molar-refractivity contribution in [1.29, 1.82) is 0 Å². The van der Waals surface area contributed by atoms with Gasteiger partial charge in [-0.25, -0.2) is 18.2 Å². The van der Waals surface area contributed by atoms with Gasteiger partial charge in [-0.2, -0.15) is 0 Å². The molecule has 1 unspecified atom stereocenters. The number of likely N-dealkylation sites (tertiary alicyclic amines) is 1. The number of anilines is 1. The van der Waals surface area contributed by atoms with Crippen LogP contribution in [0.5, 0.6) is 5.75 Å². The highest BCUT2D eigenvalue weighted by atomic mass is 19.3. The van der Waals surface area contributed by atoms with Gasteiger partial charge in [0.15, 0.2) is 6.17 Å². The first-order valence-corrected chi connectivity index (χ1v) is 10.6. The van der Waals surface area contributed by atoms with Gasteiger partial charge in [-0.1, -0.05) is 6.07 Å². The number of hydrogen-bond acceptors (Lipinski definition) is 5. The fourth-order valence-electron chi connectivity index (χ4n) is 3.86. The van der Waals surface area contributed by atoms with E-state index in [0.717, 1.165) is 16.7 Å². The normalized spacial score (nSPS) is 23.7. The highest BCUT2D eigenvalue weighted by Gasteiger charge is 2.61. The van der Waals surface area contributed by atoms with Gasteiger partial charge >= 0.3 is 0 Å². The van der Waals surface area contributed by atoms with Crippen LogP contribution in [0.15, 0.2) is 36.5 Å². The van der Waals surface area contributed by atoms with E-state index < -0.39 is 49.0 Å². The fourth-order valence-corrected chi connectivity index (χ4v) is 3.86. The summed E-state index contributed by atoms with van der Waals surface area (Å²) >= 11 is 0. The molecule has 2 amide bonds. The Bertz CT molecular complexity index is 1060. The number of aromatic nitrogens is 1. The lowest BCUT2D eigenvalue weighted by Gasteiger charge is -2.34. The first-order chi connectivity index (χ1) is 15.7. The van der Waals surface area contributed by atoms with Gasteiger partial charge in [0, 0.05) is 25.6 Å². The first kappa shape index (κ1) is 23.0. The van der Waals surface area contributed by atoms with Crippen molar-refractivity contribution in [1.82, 2.24) is 9.88 Å². The molecular weight excluding hydrogens is 439 g/mol. The number of amides is 2. The second-order valence-electron chi connectivity index (χ2n) is 8.38. The van der Waals surface area contributed by atoms with Gasteiger partial charge in [0.1, 0.15) is 30.2 Å². The molecule has 2 aliphatic rings. The number of rotatable bonds is 6. The molecule has 1 saturated heterocycles. The topological polar surface area (TPSA) is 91.8 Å². The maximum atomic E-state index is 14.5. The molecule has 2 fully saturated rings. The van der Waals surface area contributed by atoms with E-state index in [-0.39, 0.29) is 12.4 Å². The number of aryl methyl sites for hydroxylation is 1. The van der Waals surface area contributed by atoms with Gasteiger partial charge in [-0.15, -0.1) is 0 Å². The Morgan fingerprint density at radius 1 is 1.27 bits per heavy atom. The number of halogens is 3. The summed E-state index contributed by atoms with van der Waals surface area (Å²) in [6, 6.07) is 8.65. The third-order valence-electron chi connectivity index (χ3n) is 5.91. The van der Waals surface area contributed by atoms with Gasteiger partial charge in [0.2, 0.25) is 11.8 Å². The molecule has 4 rings (SSSR count). The molecule has 0 spiro atoms. The molecule has 3 atom stereocenters. The highest BCUT2D eigenvalue weighted by molar-refractivity contribution is 5.95. The predicted octanol–water partition coefficient (Wildman–Crippen LogP) is 2.96. The standard InChI is InChI=1S/C23H24F3N3O4/c1-13-8-14(15-4-6-27-20(9-15)28-22(32)16-10-23(16,25)26)2-3-18(13)33-19-5-7-29(11-17(19)24)21(31)12-30/h2-4,6,8-9,16-17,19,30H,5,7,10-12H2,1H3,(H,27,28,32)/t16?,17-,19+/m1/s1. The van der Waals surface area contributed by atoms with Crippen molar-refractivity contribution in [2.75, 3.05) is 25.0 Å². The van der Waals surface area contributed by atoms with Gasteiger partial charge in [-0.05, 0) is 47.9 Å². The number of nitrogens with one attached hydrogen (secondary N) is 1. The molecule has 1 saturated carbocycles. The summed E-state index contributed by atoms with van der Waals surface area (Å²) in [5.74, 6) is -4.82. The van der Waals surface area contributed by atoms with E-state index in [4.69, 9.17) is 9.84 Å². The van der Waals surface area contributed by atoms with E-state index in [9.17, 15) is 22.8 Å². The second-order valence-corrected chi connectivity index (χ2v) is 8.38. The van der Waals surface area contributed by atoms with Gasteiger partial charge in [0.05, 0.1) is 6.54 Å². The number of piperidine rings is 1. The molecule has 33 heavy (non-hydrogen) atoms. The summed E-state index contributed by atoms with van der Waals surface area (Å²) in [6.07, 6.45) is -0.749. The molecule has 10 heteroatoms. The Morgan fingerprint density at radius 2 is 2.00 bits per heavy atom. The third-order valence-corrected chi connectivity index (χ3v) is 5.91. The largest absolute Gasteiger partial charge is 0.487 e. The molecule has 7 nitrogen and oxygen atoms in total. The summed E-state index contributed by atoms with van der Waals surface area (Å²) in [5, 5.41) is 11.4. The quantitative estimate of drug-likeness (QED) is 0.688. The van der Waals surface area contributed by atoms with Crippen LogP contribution in [0.2, 0.25) is 0 Å². The van der Waals surface area contributed by atoms with Crippen LogP contribution in [-0.2, 0) is 9.59 Å². The van der Waals surface area contributed by atoms with Crippen LogP contribution < -0.4 is 10.1 Å². The number of pyridine rings is 1. The minimum absolute atomic E-state index is 0.126. The first-order valence-electron chi connectivity index (χ1n) is 10.6. The van der Waals surface area contributed by atoms with Crippen molar-refractivity contribution >= 4 is 17.6 Å². The van der Waals surface area contributed by atoms with E-state index in [0.29, 0.717) is 18.7 Å². The summed E-state index contributed by atoms with van der Waals surface area (Å²) < 4.78 is 46.6. The number of benzene rings is 1. The number of nitrogens with zero attached hydrogens (tertiary/aromatic N) is 2. The number of ether oxygens (including phenoxy) is 1. The molecule has 2 N–H and O–H groups in total. The van der Waals surface area contributed by atoms with Crippen molar-refractivity contribution < 1.29 is 32.6 Å². The molecule has 2 heterocycles. The number of aliphatic hydroxyl groups excluding tert-OH is 1. The Balaban J connectivity index is 1.42. The minimum atomic E-state index is -2.95. The number of alkyl halides is 3. The molecule has 1 aromatic heterocycles. The van der Waals surface area contributed by atoms with Gasteiger partial charge < -0.3 is 20.1 Å². The minimum Gasteiger partial charge on any atom is -0.487 e. The Labute approximate surface area is 188 Å². The Morgan fingerprint density at radius 3 is 2.64 bits per heavy atom. The van der Waals surface area contributed by atoms with Crippen LogP contribution in [0.1, 0.15) is 18.4 Å². The maximum absolute atomic E-state index is 14.5. The zero-order chi connectivity index (χ0) is 23.8. The molecular formula is C23H24F3N3O4. The van der Waals surface area contributed by atoms with E-state index in [1.54, 1.807) is 24.3 Å². The average Bonchev–Trinajstić information content (AvgIpc) is 3.44. The fraction of sp³-hybridized carbons (Fsp3) is 0.435. The van der Waals surface area contributed by atoms with Crippen molar-refractivity contribution in [3.8, 4) is 16.9 Å². The monoisotopic (exact) mass is 463 g/mol. The molecule has 2 aromatic rings. The van der Waals surface area contributed by atoms with E-state index >= 15 is 0 Å². The molecule has 1 aromatic carbocycles. The van der Waals surface area contributed by atoms with E-state index in [1.807, 2.05) is 13.0 Å². The smallest absolute Gasteiger partial charge is 0.260 e. The van der Waals surface area contributed by atoms with Gasteiger partial charge in [-0.3, -0.25) is 9.59 Å². The van der Waals surface area contributed by atoms with Crippen LogP contribution in [0.3, 0.4) is 0 Å². The molecule has 176 valence electrons. The van der Waals surface area contributed by atoms with Crippen molar-refractivity contribution in [2.24, 2.45) is 5.92 Å². The van der Waals surface area contributed by atoms with Crippen molar-refractivity contribution in [2.45, 2.75) is 38.0 Å². The number of hydrogen-bond donors (Lipinski definition) is 2. The zero-order valence-corrected chi connectivity index (χ0v) is 17.9. The summed E-state index contributed by atoms with van der Waals surface area (Å²) in [7, 11) is 0.